The van der Waals surface area contributed by atoms with E-state index in [4.69, 9.17) is 0 Å². The molecule has 5 heteroatoms. The van der Waals surface area contributed by atoms with Gasteiger partial charge in [-0.2, -0.15) is 0 Å². The van der Waals surface area contributed by atoms with Crippen molar-refractivity contribution in [2.45, 2.75) is 38.6 Å². The molecule has 3 rings (SSSR count). The molecule has 1 aromatic heterocycles. The standard InChI is InChI=1S/C15H21N5/c1-3-11-7-8-14(9-11)16-13-6-4-5-12(10-13)15-17-18-19-20(15)2/h4-6,10-11,14,16H,3,7-9H2,1-2H3. The molecule has 1 aliphatic carbocycles. The maximum absolute atomic E-state index is 4.06. The number of aryl methyl sites for hydroxylation is 1. The van der Waals surface area contributed by atoms with Gasteiger partial charge in [-0.05, 0) is 47.7 Å². The summed E-state index contributed by atoms with van der Waals surface area (Å²) in [5.74, 6) is 1.69. The molecule has 1 aromatic carbocycles. The van der Waals surface area contributed by atoms with E-state index >= 15 is 0 Å². The van der Waals surface area contributed by atoms with Crippen LogP contribution in [0.2, 0.25) is 0 Å². The second-order valence-electron chi connectivity index (χ2n) is 5.64. The van der Waals surface area contributed by atoms with Crippen molar-refractivity contribution in [3.63, 3.8) is 0 Å². The summed E-state index contributed by atoms with van der Waals surface area (Å²) in [6.07, 6.45) is 5.20. The van der Waals surface area contributed by atoms with E-state index in [2.05, 4.69) is 46.0 Å². The van der Waals surface area contributed by atoms with Crippen molar-refractivity contribution < 1.29 is 0 Å². The molecule has 0 saturated heterocycles. The Morgan fingerprint density at radius 1 is 1.35 bits per heavy atom. The first kappa shape index (κ1) is 13.1. The minimum atomic E-state index is 0.604. The molecular formula is C15H21N5. The fourth-order valence-corrected chi connectivity index (χ4v) is 3.03. The van der Waals surface area contributed by atoms with Gasteiger partial charge in [0.05, 0.1) is 0 Å². The van der Waals surface area contributed by atoms with Crippen LogP contribution in [0, 0.1) is 5.92 Å². The van der Waals surface area contributed by atoms with E-state index in [1.165, 1.54) is 25.7 Å². The van der Waals surface area contributed by atoms with E-state index in [1.807, 2.05) is 13.1 Å². The summed E-state index contributed by atoms with van der Waals surface area (Å²) in [5.41, 5.74) is 2.21. The van der Waals surface area contributed by atoms with Gasteiger partial charge in [-0.1, -0.05) is 25.5 Å². The molecule has 0 spiro atoms. The van der Waals surface area contributed by atoms with Gasteiger partial charge in [-0.15, -0.1) is 5.10 Å². The molecule has 1 saturated carbocycles. The first-order valence-corrected chi connectivity index (χ1v) is 7.35. The van der Waals surface area contributed by atoms with Crippen LogP contribution >= 0.6 is 0 Å². The van der Waals surface area contributed by atoms with Crippen molar-refractivity contribution in [3.8, 4) is 11.4 Å². The molecule has 5 nitrogen and oxygen atoms in total. The third-order valence-corrected chi connectivity index (χ3v) is 4.23. The topological polar surface area (TPSA) is 55.6 Å². The molecule has 106 valence electrons. The SMILES string of the molecule is CCC1CCC(Nc2cccc(-c3nnnn3C)c2)C1. The van der Waals surface area contributed by atoms with E-state index in [0.717, 1.165) is 23.0 Å². The fourth-order valence-electron chi connectivity index (χ4n) is 3.03. The maximum Gasteiger partial charge on any atom is 0.181 e. The zero-order valence-electron chi connectivity index (χ0n) is 12.1. The smallest absolute Gasteiger partial charge is 0.181 e. The van der Waals surface area contributed by atoms with Gasteiger partial charge in [-0.3, -0.25) is 0 Å². The Labute approximate surface area is 119 Å². The summed E-state index contributed by atoms with van der Waals surface area (Å²) in [6.45, 7) is 2.29. The van der Waals surface area contributed by atoms with Crippen LogP contribution < -0.4 is 5.32 Å². The van der Waals surface area contributed by atoms with Gasteiger partial charge in [0.2, 0.25) is 0 Å². The Balaban J connectivity index is 1.74. The lowest BCUT2D eigenvalue weighted by Crippen LogP contribution is -2.15. The Kier molecular flexibility index (Phi) is 3.67. The Morgan fingerprint density at radius 3 is 2.95 bits per heavy atom. The van der Waals surface area contributed by atoms with Crippen molar-refractivity contribution in [2.24, 2.45) is 13.0 Å². The van der Waals surface area contributed by atoms with Crippen molar-refractivity contribution in [2.75, 3.05) is 5.32 Å². The number of anilines is 1. The number of tetrazole rings is 1. The van der Waals surface area contributed by atoms with Crippen molar-refractivity contribution in [1.82, 2.24) is 20.2 Å². The van der Waals surface area contributed by atoms with Gasteiger partial charge in [0, 0.05) is 24.3 Å². The lowest BCUT2D eigenvalue weighted by Gasteiger charge is -2.15. The van der Waals surface area contributed by atoms with Crippen LogP contribution in [0.25, 0.3) is 11.4 Å². The minimum absolute atomic E-state index is 0.604. The van der Waals surface area contributed by atoms with Gasteiger partial charge >= 0.3 is 0 Å². The second kappa shape index (κ2) is 5.61. The monoisotopic (exact) mass is 271 g/mol. The van der Waals surface area contributed by atoms with Gasteiger partial charge in [0.15, 0.2) is 5.82 Å². The summed E-state index contributed by atoms with van der Waals surface area (Å²) >= 11 is 0. The van der Waals surface area contributed by atoms with Gasteiger partial charge < -0.3 is 5.32 Å². The zero-order valence-corrected chi connectivity index (χ0v) is 12.1. The summed E-state index contributed by atoms with van der Waals surface area (Å²) < 4.78 is 1.70. The highest BCUT2D eigenvalue weighted by Gasteiger charge is 2.23. The highest BCUT2D eigenvalue weighted by molar-refractivity contribution is 5.62. The van der Waals surface area contributed by atoms with Crippen LogP contribution in [-0.4, -0.2) is 26.2 Å². The summed E-state index contributed by atoms with van der Waals surface area (Å²) in [7, 11) is 1.86. The van der Waals surface area contributed by atoms with E-state index < -0.39 is 0 Å². The van der Waals surface area contributed by atoms with E-state index in [9.17, 15) is 0 Å². The third-order valence-electron chi connectivity index (χ3n) is 4.23. The van der Waals surface area contributed by atoms with Crippen LogP contribution in [0.4, 0.5) is 5.69 Å². The number of aromatic nitrogens is 4. The molecule has 2 aromatic rings. The number of nitrogens with zero attached hydrogens (tertiary/aromatic N) is 4. The third kappa shape index (κ3) is 2.66. The molecule has 2 atom stereocenters. The lowest BCUT2D eigenvalue weighted by molar-refractivity contribution is 0.525. The number of nitrogens with one attached hydrogen (secondary N) is 1. The van der Waals surface area contributed by atoms with Crippen molar-refractivity contribution in [1.29, 1.82) is 0 Å². The summed E-state index contributed by atoms with van der Waals surface area (Å²) in [6, 6.07) is 8.95. The fraction of sp³-hybridized carbons (Fsp3) is 0.533. The molecule has 0 aliphatic heterocycles. The molecule has 0 bridgehead atoms. The Bertz CT molecular complexity index is 577. The number of hydrogen-bond donors (Lipinski definition) is 1. The van der Waals surface area contributed by atoms with E-state index in [1.54, 1.807) is 4.68 Å². The molecule has 1 fully saturated rings. The van der Waals surface area contributed by atoms with Crippen LogP contribution in [0.3, 0.4) is 0 Å². The number of hydrogen-bond acceptors (Lipinski definition) is 4. The largest absolute Gasteiger partial charge is 0.382 e. The summed E-state index contributed by atoms with van der Waals surface area (Å²) in [5, 5.41) is 15.3. The van der Waals surface area contributed by atoms with Crippen LogP contribution in [-0.2, 0) is 7.05 Å². The van der Waals surface area contributed by atoms with Crippen LogP contribution in [0.5, 0.6) is 0 Å². The predicted octanol–water partition coefficient (Wildman–Crippen LogP) is 2.87. The molecule has 1 heterocycles. The number of rotatable bonds is 4. The van der Waals surface area contributed by atoms with Gasteiger partial charge in [0.1, 0.15) is 0 Å². The van der Waals surface area contributed by atoms with E-state index in [0.29, 0.717) is 6.04 Å². The van der Waals surface area contributed by atoms with Gasteiger partial charge in [-0.25, -0.2) is 4.68 Å². The average molecular weight is 271 g/mol. The maximum atomic E-state index is 4.06. The van der Waals surface area contributed by atoms with Gasteiger partial charge in [0.25, 0.3) is 0 Å². The zero-order chi connectivity index (χ0) is 13.9. The van der Waals surface area contributed by atoms with Crippen LogP contribution in [0.15, 0.2) is 24.3 Å². The predicted molar refractivity (Wildman–Crippen MR) is 79.3 cm³/mol. The highest BCUT2D eigenvalue weighted by atomic mass is 15.5. The lowest BCUT2D eigenvalue weighted by atomic mass is 10.1. The average Bonchev–Trinajstić information content (AvgIpc) is 3.08. The first-order valence-electron chi connectivity index (χ1n) is 7.35. The molecule has 1 aliphatic rings. The highest BCUT2D eigenvalue weighted by Crippen LogP contribution is 2.30. The molecule has 1 N–H and O–H groups in total. The minimum Gasteiger partial charge on any atom is -0.382 e. The molecular weight excluding hydrogens is 250 g/mol. The molecule has 20 heavy (non-hydrogen) atoms. The summed E-state index contributed by atoms with van der Waals surface area (Å²) in [4.78, 5) is 0. The molecule has 0 radical (unpaired) electrons. The van der Waals surface area contributed by atoms with Crippen molar-refractivity contribution in [3.05, 3.63) is 24.3 Å². The molecule has 0 amide bonds. The van der Waals surface area contributed by atoms with E-state index in [-0.39, 0.29) is 0 Å². The quantitative estimate of drug-likeness (QED) is 0.929. The molecule has 2 unspecified atom stereocenters. The van der Waals surface area contributed by atoms with Crippen molar-refractivity contribution >= 4 is 5.69 Å². The second-order valence-corrected chi connectivity index (χ2v) is 5.64. The van der Waals surface area contributed by atoms with Crippen LogP contribution in [0.1, 0.15) is 32.6 Å². The Morgan fingerprint density at radius 2 is 2.25 bits per heavy atom. The Hall–Kier alpha value is -1.91. The number of benzene rings is 1. The normalized spacial score (nSPS) is 22.1. The first-order chi connectivity index (χ1) is 9.76.